The summed E-state index contributed by atoms with van der Waals surface area (Å²) in [6, 6.07) is 4.88. The van der Waals surface area contributed by atoms with E-state index in [9.17, 15) is 18.0 Å². The molecule has 0 radical (unpaired) electrons. The van der Waals surface area contributed by atoms with Crippen molar-refractivity contribution in [3.63, 3.8) is 0 Å². The number of rotatable bonds is 5. The van der Waals surface area contributed by atoms with Crippen LogP contribution in [0.2, 0.25) is 0 Å². The Bertz CT molecular complexity index is 844. The van der Waals surface area contributed by atoms with Gasteiger partial charge in [0.25, 0.3) is 12.3 Å². The van der Waals surface area contributed by atoms with E-state index in [0.717, 1.165) is 36.8 Å². The van der Waals surface area contributed by atoms with E-state index in [2.05, 4.69) is 15.3 Å². The Labute approximate surface area is 161 Å². The number of amides is 1. The van der Waals surface area contributed by atoms with Crippen molar-refractivity contribution in [3.8, 4) is 0 Å². The van der Waals surface area contributed by atoms with Crippen molar-refractivity contribution in [2.45, 2.75) is 25.3 Å². The maximum absolute atomic E-state index is 14.6. The number of anilines is 2. The zero-order valence-corrected chi connectivity index (χ0v) is 16.1. The van der Waals surface area contributed by atoms with Crippen LogP contribution in [0.4, 0.5) is 24.5 Å². The highest BCUT2D eigenvalue weighted by atomic mass is 19.3. The first-order valence-electron chi connectivity index (χ1n) is 9.10. The molecular formula is C19H24F3N5O. The third kappa shape index (κ3) is 4.14. The van der Waals surface area contributed by atoms with Crippen molar-refractivity contribution in [2.75, 3.05) is 37.4 Å². The zero-order valence-electron chi connectivity index (χ0n) is 16.1. The Morgan fingerprint density at radius 1 is 1.29 bits per heavy atom. The molecule has 1 aromatic carbocycles. The second-order valence-electron chi connectivity index (χ2n) is 7.17. The van der Waals surface area contributed by atoms with Gasteiger partial charge in [-0.15, -0.1) is 0 Å². The minimum atomic E-state index is -2.84. The number of alkyl halides is 2. The SMILES string of the molecule is CN(C)C1CCN(c2ccc(NC(=O)c3cnn(C)c3C(F)F)cc2F)CC1. The van der Waals surface area contributed by atoms with Gasteiger partial charge in [-0.1, -0.05) is 0 Å². The number of carbonyl (C=O) groups is 1. The summed E-state index contributed by atoms with van der Waals surface area (Å²) in [5.41, 5.74) is -0.0190. The van der Waals surface area contributed by atoms with Crippen molar-refractivity contribution in [1.82, 2.24) is 14.7 Å². The fourth-order valence-corrected chi connectivity index (χ4v) is 3.54. The molecule has 9 heteroatoms. The van der Waals surface area contributed by atoms with Gasteiger partial charge >= 0.3 is 0 Å². The molecule has 0 saturated carbocycles. The maximum Gasteiger partial charge on any atom is 0.280 e. The molecule has 2 aromatic rings. The van der Waals surface area contributed by atoms with Crippen molar-refractivity contribution in [3.05, 3.63) is 41.5 Å². The molecule has 1 saturated heterocycles. The average Bonchev–Trinajstić information content (AvgIpc) is 3.04. The summed E-state index contributed by atoms with van der Waals surface area (Å²) in [5, 5.41) is 6.17. The second-order valence-corrected chi connectivity index (χ2v) is 7.17. The second kappa shape index (κ2) is 8.22. The van der Waals surface area contributed by atoms with E-state index in [1.165, 1.54) is 13.1 Å². The van der Waals surface area contributed by atoms with E-state index in [4.69, 9.17) is 0 Å². The quantitative estimate of drug-likeness (QED) is 0.844. The molecule has 1 N–H and O–H groups in total. The van der Waals surface area contributed by atoms with E-state index in [1.807, 2.05) is 19.0 Å². The Morgan fingerprint density at radius 3 is 2.54 bits per heavy atom. The van der Waals surface area contributed by atoms with Crippen LogP contribution in [0.15, 0.2) is 24.4 Å². The van der Waals surface area contributed by atoms with Crippen LogP contribution in [0, 0.1) is 5.82 Å². The molecule has 0 aliphatic carbocycles. The minimum absolute atomic E-state index is 0.207. The largest absolute Gasteiger partial charge is 0.369 e. The highest BCUT2D eigenvalue weighted by Gasteiger charge is 2.25. The van der Waals surface area contributed by atoms with Gasteiger partial charge in [0, 0.05) is 31.9 Å². The van der Waals surface area contributed by atoms with Crippen LogP contribution in [-0.2, 0) is 7.05 Å². The third-order valence-corrected chi connectivity index (χ3v) is 5.18. The third-order valence-electron chi connectivity index (χ3n) is 5.18. The number of nitrogens with zero attached hydrogens (tertiary/aromatic N) is 4. The topological polar surface area (TPSA) is 53.4 Å². The molecular weight excluding hydrogens is 371 g/mol. The summed E-state index contributed by atoms with van der Waals surface area (Å²) >= 11 is 0. The fraction of sp³-hybridized carbons (Fsp3) is 0.474. The molecule has 152 valence electrons. The van der Waals surface area contributed by atoms with Gasteiger partial charge in [0.05, 0.1) is 17.4 Å². The molecule has 0 atom stereocenters. The van der Waals surface area contributed by atoms with Crippen LogP contribution in [0.5, 0.6) is 0 Å². The fourth-order valence-electron chi connectivity index (χ4n) is 3.54. The molecule has 1 aliphatic heterocycles. The van der Waals surface area contributed by atoms with E-state index in [-0.39, 0.29) is 11.3 Å². The lowest BCUT2D eigenvalue weighted by Gasteiger charge is -2.36. The number of piperidine rings is 1. The number of hydrogen-bond acceptors (Lipinski definition) is 4. The van der Waals surface area contributed by atoms with Gasteiger partial charge in [-0.25, -0.2) is 13.2 Å². The molecule has 0 bridgehead atoms. The van der Waals surface area contributed by atoms with Crippen LogP contribution < -0.4 is 10.2 Å². The van der Waals surface area contributed by atoms with Crippen LogP contribution in [0.1, 0.15) is 35.3 Å². The van der Waals surface area contributed by atoms with Crippen molar-refractivity contribution >= 4 is 17.3 Å². The summed E-state index contributed by atoms with van der Waals surface area (Å²) in [7, 11) is 5.42. The first-order valence-corrected chi connectivity index (χ1v) is 9.10. The standard InChI is InChI=1S/C19H24F3N5O/c1-25(2)13-6-8-27(9-7-13)16-5-4-12(10-15(16)20)24-19(28)14-11-23-26(3)17(14)18(21)22/h4-5,10-11,13,18H,6-9H2,1-3H3,(H,24,28). The minimum Gasteiger partial charge on any atom is -0.369 e. The van der Waals surface area contributed by atoms with Gasteiger partial charge in [0.15, 0.2) is 0 Å². The first kappa shape index (κ1) is 20.2. The molecule has 28 heavy (non-hydrogen) atoms. The maximum atomic E-state index is 14.6. The molecule has 1 fully saturated rings. The number of aryl methyl sites for hydroxylation is 1. The monoisotopic (exact) mass is 395 g/mol. The van der Waals surface area contributed by atoms with Crippen LogP contribution in [0.3, 0.4) is 0 Å². The summed E-state index contributed by atoms with van der Waals surface area (Å²) in [5.74, 6) is -1.20. The van der Waals surface area contributed by atoms with E-state index >= 15 is 0 Å². The number of halogens is 3. The highest BCUT2D eigenvalue weighted by molar-refractivity contribution is 6.05. The molecule has 1 aliphatic rings. The summed E-state index contributed by atoms with van der Waals surface area (Å²) < 4.78 is 41.8. The predicted molar refractivity (Wildman–Crippen MR) is 101 cm³/mol. The Kier molecular flexibility index (Phi) is 5.93. The molecule has 0 spiro atoms. The number of nitrogens with one attached hydrogen (secondary N) is 1. The predicted octanol–water partition coefficient (Wildman–Crippen LogP) is 3.28. The van der Waals surface area contributed by atoms with Crippen LogP contribution in [-0.4, -0.2) is 53.8 Å². The van der Waals surface area contributed by atoms with Crippen molar-refractivity contribution in [1.29, 1.82) is 0 Å². The van der Waals surface area contributed by atoms with Gasteiger partial charge in [-0.3, -0.25) is 9.48 Å². The van der Waals surface area contributed by atoms with Gasteiger partial charge in [0.1, 0.15) is 11.5 Å². The van der Waals surface area contributed by atoms with Crippen LogP contribution >= 0.6 is 0 Å². The van der Waals surface area contributed by atoms with E-state index in [0.29, 0.717) is 11.7 Å². The zero-order chi connectivity index (χ0) is 20.4. The van der Waals surface area contributed by atoms with Crippen molar-refractivity contribution < 1.29 is 18.0 Å². The summed E-state index contributed by atoms with van der Waals surface area (Å²) in [6.07, 6.45) is 0.138. The van der Waals surface area contributed by atoms with Crippen molar-refractivity contribution in [2.24, 2.45) is 7.05 Å². The van der Waals surface area contributed by atoms with Crippen LogP contribution in [0.25, 0.3) is 0 Å². The lowest BCUT2D eigenvalue weighted by molar-refractivity contribution is 0.100. The van der Waals surface area contributed by atoms with Gasteiger partial charge in [-0.2, -0.15) is 5.10 Å². The molecule has 1 amide bonds. The van der Waals surface area contributed by atoms with Gasteiger partial charge in [0.2, 0.25) is 0 Å². The highest BCUT2D eigenvalue weighted by Crippen LogP contribution is 2.28. The Balaban J connectivity index is 1.70. The molecule has 6 nitrogen and oxygen atoms in total. The van der Waals surface area contributed by atoms with Gasteiger partial charge < -0.3 is 15.1 Å². The van der Waals surface area contributed by atoms with E-state index in [1.54, 1.807) is 12.1 Å². The Hall–Kier alpha value is -2.55. The molecule has 1 aromatic heterocycles. The summed E-state index contributed by atoms with van der Waals surface area (Å²) in [4.78, 5) is 16.5. The smallest absolute Gasteiger partial charge is 0.280 e. The lowest BCUT2D eigenvalue weighted by Crippen LogP contribution is -2.42. The Morgan fingerprint density at radius 2 is 1.96 bits per heavy atom. The molecule has 0 unspecified atom stereocenters. The summed E-state index contributed by atoms with van der Waals surface area (Å²) in [6.45, 7) is 1.50. The number of aromatic nitrogens is 2. The number of carbonyl (C=O) groups excluding carboxylic acids is 1. The van der Waals surface area contributed by atoms with E-state index < -0.39 is 23.8 Å². The normalized spacial score (nSPS) is 15.5. The first-order chi connectivity index (χ1) is 13.3. The average molecular weight is 395 g/mol. The lowest BCUT2D eigenvalue weighted by atomic mass is 10.0. The number of hydrogen-bond donors (Lipinski definition) is 1. The number of benzene rings is 1. The molecule has 3 rings (SSSR count). The van der Waals surface area contributed by atoms with Gasteiger partial charge in [-0.05, 0) is 45.1 Å². The molecule has 2 heterocycles.